The lowest BCUT2D eigenvalue weighted by atomic mass is 9.48. The van der Waals surface area contributed by atoms with Crippen LogP contribution >= 0.6 is 0 Å². The number of allylic oxidation sites excluding steroid dienone is 2. The van der Waals surface area contributed by atoms with Crippen molar-refractivity contribution in [3.63, 3.8) is 0 Å². The molecule has 0 unspecified atom stereocenters. The Morgan fingerprint density at radius 2 is 1.94 bits per heavy atom. The van der Waals surface area contributed by atoms with Gasteiger partial charge in [0.2, 0.25) is 0 Å². The zero-order valence-electron chi connectivity index (χ0n) is 19.5. The molecule has 1 N–H and O–H groups in total. The number of fused-ring (bicyclic) bond motifs is 5. The van der Waals surface area contributed by atoms with Crippen molar-refractivity contribution in [3.8, 4) is 0 Å². The van der Waals surface area contributed by atoms with Gasteiger partial charge in [0.25, 0.3) is 0 Å². The second-order valence-electron chi connectivity index (χ2n) is 11.3. The Kier molecular flexibility index (Phi) is 5.85. The number of ketones is 1. The molecule has 4 aliphatic carbocycles. The average Bonchev–Trinajstić information content (AvgIpc) is 3.06. The summed E-state index contributed by atoms with van der Waals surface area (Å²) in [4.78, 5) is 36.2. The molecule has 0 saturated heterocycles. The Bertz CT molecular complexity index is 800. The molecule has 0 amide bonds. The zero-order chi connectivity index (χ0) is 22.6. The van der Waals surface area contributed by atoms with E-state index in [-0.39, 0.29) is 46.9 Å². The summed E-state index contributed by atoms with van der Waals surface area (Å²) < 4.78 is 5.54. The Balaban J connectivity index is 1.58. The molecule has 4 aliphatic rings. The molecule has 5 heteroatoms. The standard InChI is InChI=1S/C26H38O5/c1-15(5-10-24(29)30)20-8-9-21-19-7-6-17-13-18(31-16(2)27)11-12-25(17,3)22(19)14-23(28)26(20,21)4/h14-15,17-21H,5-13H2,1-4H3,(H,29,30)/t15-,17-,18-,19+,20-,21+,25+,26-/m1/s1. The van der Waals surface area contributed by atoms with E-state index in [1.54, 1.807) is 0 Å². The van der Waals surface area contributed by atoms with Crippen LogP contribution in [0.5, 0.6) is 0 Å². The maximum atomic E-state index is 13.7. The van der Waals surface area contributed by atoms with Crippen molar-refractivity contribution in [3.05, 3.63) is 11.6 Å². The molecule has 5 nitrogen and oxygen atoms in total. The van der Waals surface area contributed by atoms with Gasteiger partial charge in [-0.2, -0.15) is 0 Å². The number of carbonyl (C=O) groups excluding carboxylic acids is 2. The third-order valence-corrected chi connectivity index (χ3v) is 9.78. The normalized spacial score (nSPS) is 42.6. The molecular formula is C26H38O5. The minimum atomic E-state index is -0.751. The van der Waals surface area contributed by atoms with E-state index in [0.717, 1.165) is 44.9 Å². The summed E-state index contributed by atoms with van der Waals surface area (Å²) in [6.45, 7) is 8.15. The van der Waals surface area contributed by atoms with Crippen LogP contribution in [0.1, 0.15) is 85.5 Å². The summed E-state index contributed by atoms with van der Waals surface area (Å²) in [6, 6.07) is 0. The van der Waals surface area contributed by atoms with E-state index in [4.69, 9.17) is 9.84 Å². The molecule has 172 valence electrons. The summed E-state index contributed by atoms with van der Waals surface area (Å²) in [5.74, 6) is 1.16. The molecule has 0 aliphatic heterocycles. The minimum absolute atomic E-state index is 0.0169. The van der Waals surface area contributed by atoms with Gasteiger partial charge >= 0.3 is 11.9 Å². The smallest absolute Gasteiger partial charge is 0.303 e. The van der Waals surface area contributed by atoms with Crippen molar-refractivity contribution >= 4 is 17.7 Å². The maximum absolute atomic E-state index is 13.7. The van der Waals surface area contributed by atoms with Crippen LogP contribution in [-0.4, -0.2) is 28.9 Å². The summed E-state index contributed by atoms with van der Waals surface area (Å²) >= 11 is 0. The fraction of sp³-hybridized carbons (Fsp3) is 0.808. The second kappa shape index (κ2) is 8.04. The van der Waals surface area contributed by atoms with E-state index < -0.39 is 5.97 Å². The van der Waals surface area contributed by atoms with Gasteiger partial charge in [0.1, 0.15) is 6.10 Å². The van der Waals surface area contributed by atoms with Gasteiger partial charge in [-0.25, -0.2) is 0 Å². The molecule has 3 saturated carbocycles. The lowest BCUT2D eigenvalue weighted by Gasteiger charge is -2.56. The van der Waals surface area contributed by atoms with E-state index in [9.17, 15) is 14.4 Å². The Morgan fingerprint density at radius 1 is 1.19 bits per heavy atom. The highest BCUT2D eigenvalue weighted by molar-refractivity contribution is 5.97. The highest BCUT2D eigenvalue weighted by Crippen LogP contribution is 2.65. The van der Waals surface area contributed by atoms with Crippen LogP contribution in [0.4, 0.5) is 0 Å². The van der Waals surface area contributed by atoms with E-state index in [1.165, 1.54) is 12.5 Å². The number of carboxylic acids is 1. The third-order valence-electron chi connectivity index (χ3n) is 9.78. The number of ether oxygens (including phenoxy) is 1. The molecule has 3 fully saturated rings. The quantitative estimate of drug-likeness (QED) is 0.608. The predicted molar refractivity (Wildman–Crippen MR) is 117 cm³/mol. The fourth-order valence-electron chi connectivity index (χ4n) is 8.11. The number of rotatable bonds is 5. The number of hydrogen-bond acceptors (Lipinski definition) is 4. The summed E-state index contributed by atoms with van der Waals surface area (Å²) in [5, 5.41) is 9.11. The fourth-order valence-corrected chi connectivity index (χ4v) is 8.11. The number of esters is 1. The molecule has 0 bridgehead atoms. The molecule has 0 aromatic carbocycles. The van der Waals surface area contributed by atoms with Crippen molar-refractivity contribution < 1.29 is 24.2 Å². The predicted octanol–water partition coefficient (Wildman–Crippen LogP) is 5.18. The SMILES string of the molecule is CC(=O)O[C@@H]1CC[C@]2(C)C3=CC(=O)[C@]4(C)[C@@H]([C@H](C)CCC(=O)O)CC[C@H]4[C@@H]3CC[C@@H]2C1. The van der Waals surface area contributed by atoms with Crippen molar-refractivity contribution in [2.45, 2.75) is 91.6 Å². The number of carbonyl (C=O) groups is 3. The topological polar surface area (TPSA) is 80.7 Å². The van der Waals surface area contributed by atoms with Crippen LogP contribution < -0.4 is 0 Å². The van der Waals surface area contributed by atoms with Crippen molar-refractivity contribution in [2.24, 2.45) is 40.4 Å². The molecule has 0 aromatic heterocycles. The summed E-state index contributed by atoms with van der Waals surface area (Å²) in [7, 11) is 0. The van der Waals surface area contributed by atoms with Gasteiger partial charge in [0.15, 0.2) is 5.78 Å². The highest BCUT2D eigenvalue weighted by Gasteiger charge is 2.61. The Morgan fingerprint density at radius 3 is 2.61 bits per heavy atom. The first-order valence-electron chi connectivity index (χ1n) is 12.2. The van der Waals surface area contributed by atoms with Crippen LogP contribution in [0.25, 0.3) is 0 Å². The van der Waals surface area contributed by atoms with E-state index in [2.05, 4.69) is 20.8 Å². The molecule has 0 spiro atoms. The van der Waals surface area contributed by atoms with Gasteiger partial charge in [-0.15, -0.1) is 0 Å². The first-order chi connectivity index (χ1) is 14.6. The monoisotopic (exact) mass is 430 g/mol. The van der Waals surface area contributed by atoms with Gasteiger partial charge in [0.05, 0.1) is 0 Å². The van der Waals surface area contributed by atoms with Gasteiger partial charge in [0, 0.05) is 18.8 Å². The summed E-state index contributed by atoms with van der Waals surface area (Å²) in [5.41, 5.74) is 1.05. The molecule has 8 atom stereocenters. The lowest BCUT2D eigenvalue weighted by Crippen LogP contribution is -2.52. The molecule has 0 heterocycles. The van der Waals surface area contributed by atoms with Gasteiger partial charge in [-0.05, 0) is 92.4 Å². The van der Waals surface area contributed by atoms with Crippen molar-refractivity contribution in [2.75, 3.05) is 0 Å². The largest absolute Gasteiger partial charge is 0.481 e. The van der Waals surface area contributed by atoms with Crippen LogP contribution in [-0.2, 0) is 19.1 Å². The van der Waals surface area contributed by atoms with Crippen LogP contribution in [0, 0.1) is 40.4 Å². The van der Waals surface area contributed by atoms with Gasteiger partial charge in [-0.3, -0.25) is 14.4 Å². The summed E-state index contributed by atoms with van der Waals surface area (Å²) in [6.07, 6.45) is 9.97. The van der Waals surface area contributed by atoms with Crippen molar-refractivity contribution in [1.29, 1.82) is 0 Å². The third kappa shape index (κ3) is 3.66. The maximum Gasteiger partial charge on any atom is 0.303 e. The van der Waals surface area contributed by atoms with E-state index in [1.807, 2.05) is 6.08 Å². The highest BCUT2D eigenvalue weighted by atomic mass is 16.5. The van der Waals surface area contributed by atoms with E-state index >= 15 is 0 Å². The Hall–Kier alpha value is -1.65. The van der Waals surface area contributed by atoms with Crippen LogP contribution in [0.15, 0.2) is 11.6 Å². The Labute approximate surface area is 186 Å². The van der Waals surface area contributed by atoms with Crippen LogP contribution in [0.2, 0.25) is 0 Å². The van der Waals surface area contributed by atoms with E-state index in [0.29, 0.717) is 24.2 Å². The zero-order valence-corrected chi connectivity index (χ0v) is 19.5. The molecule has 4 rings (SSSR count). The second-order valence-corrected chi connectivity index (χ2v) is 11.3. The first-order valence-corrected chi connectivity index (χ1v) is 12.2. The van der Waals surface area contributed by atoms with Gasteiger partial charge in [-0.1, -0.05) is 26.3 Å². The average molecular weight is 431 g/mol. The van der Waals surface area contributed by atoms with Crippen molar-refractivity contribution in [1.82, 2.24) is 0 Å². The van der Waals surface area contributed by atoms with Gasteiger partial charge < -0.3 is 9.84 Å². The van der Waals surface area contributed by atoms with Crippen LogP contribution in [0.3, 0.4) is 0 Å². The minimum Gasteiger partial charge on any atom is -0.481 e. The molecule has 31 heavy (non-hydrogen) atoms. The molecule has 0 radical (unpaired) electrons. The molecular weight excluding hydrogens is 392 g/mol. The number of aliphatic carboxylic acids is 1. The molecule has 0 aromatic rings. The number of hydrogen-bond donors (Lipinski definition) is 1. The lowest BCUT2D eigenvalue weighted by molar-refractivity contribution is -0.151. The first kappa shape index (κ1) is 22.5. The number of carboxylic acid groups (broad SMARTS) is 1.